The third-order valence-corrected chi connectivity index (χ3v) is 2.21. The van der Waals surface area contributed by atoms with Crippen molar-refractivity contribution in [3.05, 3.63) is 36.0 Å². The van der Waals surface area contributed by atoms with Crippen LogP contribution in [-0.2, 0) is 6.42 Å². The van der Waals surface area contributed by atoms with Crippen molar-refractivity contribution in [3.8, 4) is 0 Å². The SMILES string of the molecule is C=C1C=NN(c2ccc(CC)cn2)C1.CC. The lowest BCUT2D eigenvalue weighted by molar-refractivity contribution is 0.933. The Morgan fingerprint density at radius 3 is 2.56 bits per heavy atom. The number of aromatic nitrogens is 1. The summed E-state index contributed by atoms with van der Waals surface area (Å²) in [5, 5.41) is 6.04. The number of anilines is 1. The summed E-state index contributed by atoms with van der Waals surface area (Å²) in [6, 6.07) is 4.08. The standard InChI is InChI=1S/C11H13N3.C2H6/c1-3-10-4-5-11(12-7-10)14-8-9(2)6-13-14;1-2/h4-7H,2-3,8H2,1H3;1-2H3. The fourth-order valence-electron chi connectivity index (χ4n) is 1.34. The van der Waals surface area contributed by atoms with Crippen LogP contribution in [0.3, 0.4) is 0 Å². The predicted molar refractivity (Wildman–Crippen MR) is 69.9 cm³/mol. The van der Waals surface area contributed by atoms with Gasteiger partial charge in [-0.05, 0) is 23.6 Å². The molecular weight excluding hydrogens is 198 g/mol. The molecule has 0 N–H and O–H groups in total. The summed E-state index contributed by atoms with van der Waals surface area (Å²) in [6.07, 6.45) is 4.69. The van der Waals surface area contributed by atoms with Crippen LogP contribution < -0.4 is 5.01 Å². The quantitative estimate of drug-likeness (QED) is 0.761. The smallest absolute Gasteiger partial charge is 0.149 e. The highest BCUT2D eigenvalue weighted by Gasteiger charge is 2.11. The van der Waals surface area contributed by atoms with Gasteiger partial charge in [-0.1, -0.05) is 33.4 Å². The molecule has 0 unspecified atom stereocenters. The molecule has 0 fully saturated rings. The molecule has 16 heavy (non-hydrogen) atoms. The van der Waals surface area contributed by atoms with Crippen LogP contribution >= 0.6 is 0 Å². The highest BCUT2D eigenvalue weighted by Crippen LogP contribution is 2.16. The molecule has 1 aliphatic rings. The van der Waals surface area contributed by atoms with Gasteiger partial charge in [0.15, 0.2) is 0 Å². The molecule has 0 radical (unpaired) electrons. The Kier molecular flexibility index (Phi) is 4.70. The van der Waals surface area contributed by atoms with Gasteiger partial charge in [-0.2, -0.15) is 5.10 Å². The van der Waals surface area contributed by atoms with E-state index in [1.165, 1.54) is 5.56 Å². The van der Waals surface area contributed by atoms with E-state index in [1.54, 1.807) is 6.21 Å². The third kappa shape index (κ3) is 2.92. The number of nitrogens with zero attached hydrogens (tertiary/aromatic N) is 3. The Labute approximate surface area is 97.5 Å². The Bertz CT molecular complexity index is 365. The van der Waals surface area contributed by atoms with E-state index in [4.69, 9.17) is 0 Å². The van der Waals surface area contributed by atoms with Crippen LogP contribution in [0.5, 0.6) is 0 Å². The monoisotopic (exact) mass is 217 g/mol. The van der Waals surface area contributed by atoms with Crippen LogP contribution in [0.2, 0.25) is 0 Å². The summed E-state index contributed by atoms with van der Waals surface area (Å²) in [6.45, 7) is 10.7. The Morgan fingerprint density at radius 2 is 2.12 bits per heavy atom. The summed E-state index contributed by atoms with van der Waals surface area (Å²) in [5.41, 5.74) is 2.27. The normalized spacial score (nSPS) is 13.7. The largest absolute Gasteiger partial charge is 0.243 e. The average Bonchev–Trinajstić information content (AvgIpc) is 2.79. The molecule has 1 aromatic rings. The number of hydrazone groups is 1. The maximum atomic E-state index is 4.34. The highest BCUT2D eigenvalue weighted by molar-refractivity contribution is 5.83. The van der Waals surface area contributed by atoms with E-state index in [-0.39, 0.29) is 0 Å². The number of hydrogen-bond acceptors (Lipinski definition) is 3. The second-order valence-corrected chi connectivity index (χ2v) is 3.34. The molecule has 0 aromatic carbocycles. The summed E-state index contributed by atoms with van der Waals surface area (Å²) in [4.78, 5) is 4.34. The molecule has 3 heteroatoms. The average molecular weight is 217 g/mol. The van der Waals surface area contributed by atoms with Crippen LogP contribution in [0.25, 0.3) is 0 Å². The van der Waals surface area contributed by atoms with Gasteiger partial charge in [-0.15, -0.1) is 0 Å². The van der Waals surface area contributed by atoms with E-state index >= 15 is 0 Å². The first-order valence-corrected chi connectivity index (χ1v) is 5.74. The van der Waals surface area contributed by atoms with Crippen molar-refractivity contribution >= 4 is 12.0 Å². The molecule has 1 aromatic heterocycles. The van der Waals surface area contributed by atoms with Gasteiger partial charge in [0.25, 0.3) is 0 Å². The minimum Gasteiger partial charge on any atom is -0.243 e. The van der Waals surface area contributed by atoms with E-state index in [1.807, 2.05) is 31.1 Å². The van der Waals surface area contributed by atoms with E-state index < -0.39 is 0 Å². The van der Waals surface area contributed by atoms with Gasteiger partial charge in [0.2, 0.25) is 0 Å². The molecule has 0 bridgehead atoms. The molecule has 3 nitrogen and oxygen atoms in total. The maximum Gasteiger partial charge on any atom is 0.149 e. The molecule has 2 rings (SSSR count). The first kappa shape index (κ1) is 12.4. The molecule has 0 aliphatic carbocycles. The Morgan fingerprint density at radius 1 is 1.38 bits per heavy atom. The van der Waals surface area contributed by atoms with Crippen LogP contribution in [0.4, 0.5) is 5.82 Å². The third-order valence-electron chi connectivity index (χ3n) is 2.21. The lowest BCUT2D eigenvalue weighted by Crippen LogP contribution is -2.14. The van der Waals surface area contributed by atoms with Gasteiger partial charge in [-0.3, -0.25) is 0 Å². The second-order valence-electron chi connectivity index (χ2n) is 3.34. The Balaban J connectivity index is 0.000000606. The number of pyridine rings is 1. The van der Waals surface area contributed by atoms with Gasteiger partial charge in [0.05, 0.1) is 12.8 Å². The van der Waals surface area contributed by atoms with Gasteiger partial charge in [0.1, 0.15) is 5.82 Å². The van der Waals surface area contributed by atoms with Crippen molar-refractivity contribution in [2.75, 3.05) is 11.6 Å². The summed E-state index contributed by atoms with van der Waals surface area (Å²) >= 11 is 0. The minimum atomic E-state index is 0.748. The van der Waals surface area contributed by atoms with Crippen LogP contribution in [-0.4, -0.2) is 17.7 Å². The molecule has 0 saturated carbocycles. The lowest BCUT2D eigenvalue weighted by atomic mass is 10.2. The minimum absolute atomic E-state index is 0.748. The van der Waals surface area contributed by atoms with E-state index in [0.717, 1.165) is 24.4 Å². The van der Waals surface area contributed by atoms with Gasteiger partial charge >= 0.3 is 0 Å². The van der Waals surface area contributed by atoms with Gasteiger partial charge < -0.3 is 0 Å². The highest BCUT2D eigenvalue weighted by atomic mass is 15.5. The fourth-order valence-corrected chi connectivity index (χ4v) is 1.34. The zero-order valence-electron chi connectivity index (χ0n) is 10.3. The molecule has 2 heterocycles. The van der Waals surface area contributed by atoms with Crippen molar-refractivity contribution in [2.45, 2.75) is 27.2 Å². The van der Waals surface area contributed by atoms with Crippen LogP contribution in [0.1, 0.15) is 26.3 Å². The first-order chi connectivity index (χ1) is 7.79. The Hall–Kier alpha value is -1.64. The van der Waals surface area contributed by atoms with E-state index in [9.17, 15) is 0 Å². The molecule has 86 valence electrons. The lowest BCUT2D eigenvalue weighted by Gasteiger charge is -2.12. The topological polar surface area (TPSA) is 28.5 Å². The second kappa shape index (κ2) is 6.05. The van der Waals surface area contributed by atoms with Crippen LogP contribution in [0.15, 0.2) is 35.6 Å². The molecule has 0 saturated heterocycles. The fraction of sp³-hybridized carbons (Fsp3) is 0.385. The van der Waals surface area contributed by atoms with Gasteiger partial charge in [-0.25, -0.2) is 9.99 Å². The molecule has 0 spiro atoms. The van der Waals surface area contributed by atoms with Gasteiger partial charge in [0, 0.05) is 6.20 Å². The first-order valence-electron chi connectivity index (χ1n) is 5.74. The van der Waals surface area contributed by atoms with Crippen molar-refractivity contribution in [1.82, 2.24) is 4.98 Å². The molecule has 0 amide bonds. The maximum absolute atomic E-state index is 4.34. The van der Waals surface area contributed by atoms with Crippen LogP contribution in [0, 0.1) is 0 Å². The summed E-state index contributed by atoms with van der Waals surface area (Å²) < 4.78 is 0. The molecule has 0 atom stereocenters. The number of hydrogen-bond donors (Lipinski definition) is 0. The summed E-state index contributed by atoms with van der Waals surface area (Å²) in [7, 11) is 0. The molecular formula is C13H19N3. The van der Waals surface area contributed by atoms with Crippen molar-refractivity contribution in [2.24, 2.45) is 5.10 Å². The number of aryl methyl sites for hydroxylation is 1. The number of rotatable bonds is 2. The predicted octanol–water partition coefficient (Wildman–Crippen LogP) is 3.03. The van der Waals surface area contributed by atoms with Crippen molar-refractivity contribution in [3.63, 3.8) is 0 Å². The van der Waals surface area contributed by atoms with Crippen molar-refractivity contribution in [1.29, 1.82) is 0 Å². The zero-order valence-corrected chi connectivity index (χ0v) is 10.3. The zero-order chi connectivity index (χ0) is 12.0. The van der Waals surface area contributed by atoms with Crippen molar-refractivity contribution < 1.29 is 0 Å². The molecule has 1 aliphatic heterocycles. The summed E-state index contributed by atoms with van der Waals surface area (Å²) in [5.74, 6) is 0.886. The van der Waals surface area contributed by atoms with E-state index in [2.05, 4.69) is 29.7 Å². The van der Waals surface area contributed by atoms with E-state index in [0.29, 0.717) is 0 Å².